The Morgan fingerprint density at radius 1 is 1.32 bits per heavy atom. The van der Waals surface area contributed by atoms with Crippen LogP contribution in [-0.2, 0) is 13.0 Å². The Balaban J connectivity index is 1.34. The molecule has 0 radical (unpaired) electrons. The number of likely N-dealkylation sites (tertiary alicyclic amines) is 1. The quantitative estimate of drug-likeness (QED) is 0.454. The topological polar surface area (TPSA) is 61.8 Å². The summed E-state index contributed by atoms with van der Waals surface area (Å²) >= 11 is 1.76. The number of hydrogen-bond donors (Lipinski definition) is 2. The van der Waals surface area contributed by atoms with E-state index in [-0.39, 0.29) is 17.7 Å². The Kier molecular flexibility index (Phi) is 9.09. The standard InChI is InChI=1S/C23H34FN5OS/c1-4-22-28-19(16-31-22)15-29-11-9-18(10-12-29)14-27-23(25-3)26-13-17(2)30-21-8-6-5-7-20(21)24/h5-8,16-18H,4,9-15H2,1-3H3,(H2,25,26,27). The molecule has 1 saturated heterocycles. The second-order valence-electron chi connectivity index (χ2n) is 8.00. The number of rotatable bonds is 9. The normalized spacial score (nSPS) is 16.8. The molecule has 1 unspecified atom stereocenters. The largest absolute Gasteiger partial charge is 0.486 e. The van der Waals surface area contributed by atoms with Gasteiger partial charge in [-0.2, -0.15) is 0 Å². The summed E-state index contributed by atoms with van der Waals surface area (Å²) in [5, 5.41) is 10.1. The molecule has 2 aromatic rings. The lowest BCUT2D eigenvalue weighted by molar-refractivity contribution is 0.176. The van der Waals surface area contributed by atoms with E-state index in [9.17, 15) is 4.39 Å². The molecule has 0 spiro atoms. The van der Waals surface area contributed by atoms with Crippen LogP contribution in [0.5, 0.6) is 5.75 Å². The summed E-state index contributed by atoms with van der Waals surface area (Å²) in [7, 11) is 1.76. The molecule has 1 fully saturated rings. The van der Waals surface area contributed by atoms with Crippen molar-refractivity contribution in [3.63, 3.8) is 0 Å². The maximum atomic E-state index is 13.7. The molecule has 0 bridgehead atoms. The molecule has 8 heteroatoms. The first kappa shape index (κ1) is 23.5. The number of aliphatic imine (C=N–C) groups is 1. The molecule has 1 aromatic heterocycles. The van der Waals surface area contributed by atoms with Crippen molar-refractivity contribution < 1.29 is 9.13 Å². The molecule has 3 rings (SSSR count). The number of piperidine rings is 1. The number of nitrogens with one attached hydrogen (secondary N) is 2. The molecule has 1 aliphatic heterocycles. The molecule has 1 atom stereocenters. The number of ether oxygens (including phenoxy) is 1. The van der Waals surface area contributed by atoms with Gasteiger partial charge >= 0.3 is 0 Å². The summed E-state index contributed by atoms with van der Waals surface area (Å²) in [6.07, 6.45) is 3.17. The van der Waals surface area contributed by atoms with E-state index < -0.39 is 0 Å². The number of halogens is 1. The Labute approximate surface area is 188 Å². The van der Waals surface area contributed by atoms with Gasteiger partial charge in [0, 0.05) is 25.5 Å². The highest BCUT2D eigenvalue weighted by molar-refractivity contribution is 7.09. The highest BCUT2D eigenvalue weighted by Crippen LogP contribution is 2.20. The van der Waals surface area contributed by atoms with Gasteiger partial charge in [-0.05, 0) is 57.3 Å². The molecule has 6 nitrogen and oxygen atoms in total. The molecule has 170 valence electrons. The summed E-state index contributed by atoms with van der Waals surface area (Å²) in [6, 6.07) is 6.47. The minimum Gasteiger partial charge on any atom is -0.486 e. The molecular formula is C23H34FN5OS. The van der Waals surface area contributed by atoms with Gasteiger partial charge in [-0.1, -0.05) is 19.1 Å². The first-order valence-corrected chi connectivity index (χ1v) is 12.0. The summed E-state index contributed by atoms with van der Waals surface area (Å²) < 4.78 is 19.4. The smallest absolute Gasteiger partial charge is 0.191 e. The van der Waals surface area contributed by atoms with Gasteiger partial charge in [0.2, 0.25) is 0 Å². The summed E-state index contributed by atoms with van der Waals surface area (Å²) in [6.45, 7) is 8.66. The van der Waals surface area contributed by atoms with Crippen molar-refractivity contribution in [2.45, 2.75) is 45.8 Å². The fraction of sp³-hybridized carbons (Fsp3) is 0.565. The molecule has 31 heavy (non-hydrogen) atoms. The Bertz CT molecular complexity index is 835. The van der Waals surface area contributed by atoms with E-state index in [1.807, 2.05) is 6.92 Å². The number of thiazole rings is 1. The van der Waals surface area contributed by atoms with E-state index in [0.717, 1.165) is 38.6 Å². The number of guanidine groups is 1. The van der Waals surface area contributed by atoms with Gasteiger partial charge in [0.1, 0.15) is 6.10 Å². The molecule has 1 aromatic carbocycles. The van der Waals surface area contributed by atoms with Crippen molar-refractivity contribution >= 4 is 17.3 Å². The van der Waals surface area contributed by atoms with E-state index >= 15 is 0 Å². The van der Waals surface area contributed by atoms with Crippen molar-refractivity contribution in [1.29, 1.82) is 0 Å². The van der Waals surface area contributed by atoms with Crippen LogP contribution in [0.2, 0.25) is 0 Å². The second kappa shape index (κ2) is 12.0. The molecule has 2 heterocycles. The van der Waals surface area contributed by atoms with Crippen LogP contribution in [0, 0.1) is 11.7 Å². The van der Waals surface area contributed by atoms with Gasteiger partial charge in [-0.25, -0.2) is 9.37 Å². The predicted octanol–water partition coefficient (Wildman–Crippen LogP) is 3.69. The molecule has 0 aliphatic carbocycles. The molecule has 2 N–H and O–H groups in total. The van der Waals surface area contributed by atoms with E-state index in [1.54, 1.807) is 36.6 Å². The highest BCUT2D eigenvalue weighted by Gasteiger charge is 2.20. The van der Waals surface area contributed by atoms with Crippen LogP contribution >= 0.6 is 11.3 Å². The lowest BCUT2D eigenvalue weighted by atomic mass is 9.97. The fourth-order valence-corrected chi connectivity index (χ4v) is 4.40. The second-order valence-corrected chi connectivity index (χ2v) is 8.94. The van der Waals surface area contributed by atoms with Gasteiger partial charge in [-0.15, -0.1) is 11.3 Å². The number of nitrogens with zero attached hydrogens (tertiary/aromatic N) is 3. The maximum absolute atomic E-state index is 13.7. The average molecular weight is 448 g/mol. The van der Waals surface area contributed by atoms with Gasteiger partial charge in [0.05, 0.1) is 17.2 Å². The van der Waals surface area contributed by atoms with E-state index in [2.05, 4.69) is 37.8 Å². The average Bonchev–Trinajstić information content (AvgIpc) is 3.24. The monoisotopic (exact) mass is 447 g/mol. The number of hydrogen-bond acceptors (Lipinski definition) is 5. The van der Waals surface area contributed by atoms with Gasteiger partial charge in [0.25, 0.3) is 0 Å². The molecule has 1 aliphatic rings. The number of aromatic nitrogens is 1. The summed E-state index contributed by atoms with van der Waals surface area (Å²) in [5.41, 5.74) is 1.20. The van der Waals surface area contributed by atoms with Crippen molar-refractivity contribution in [2.24, 2.45) is 10.9 Å². The lowest BCUT2D eigenvalue weighted by Crippen LogP contribution is -2.45. The third-order valence-corrected chi connectivity index (χ3v) is 6.54. The zero-order chi connectivity index (χ0) is 22.1. The van der Waals surface area contributed by atoms with E-state index in [0.29, 0.717) is 12.5 Å². The van der Waals surface area contributed by atoms with Crippen LogP contribution in [0.3, 0.4) is 0 Å². The first-order chi connectivity index (χ1) is 15.1. The van der Waals surface area contributed by atoms with Crippen molar-refractivity contribution in [3.8, 4) is 5.75 Å². The van der Waals surface area contributed by atoms with E-state index in [4.69, 9.17) is 4.74 Å². The number of benzene rings is 1. The highest BCUT2D eigenvalue weighted by atomic mass is 32.1. The fourth-order valence-electron chi connectivity index (χ4n) is 3.66. The van der Waals surface area contributed by atoms with Crippen LogP contribution in [0.4, 0.5) is 4.39 Å². The molecule has 0 saturated carbocycles. The van der Waals surface area contributed by atoms with Crippen molar-refractivity contribution in [2.75, 3.05) is 33.2 Å². The Hall–Kier alpha value is -2.19. The van der Waals surface area contributed by atoms with Gasteiger partial charge in [-0.3, -0.25) is 9.89 Å². The molecular weight excluding hydrogens is 413 g/mol. The number of para-hydroxylation sites is 1. The zero-order valence-corrected chi connectivity index (χ0v) is 19.6. The minimum atomic E-state index is -0.344. The van der Waals surface area contributed by atoms with Gasteiger partial charge in [0.15, 0.2) is 17.5 Å². The third-order valence-electron chi connectivity index (χ3n) is 5.50. The Morgan fingerprint density at radius 2 is 2.10 bits per heavy atom. The van der Waals surface area contributed by atoms with Crippen LogP contribution in [-0.4, -0.2) is 55.2 Å². The summed E-state index contributed by atoms with van der Waals surface area (Å²) in [4.78, 5) is 11.5. The number of aryl methyl sites for hydroxylation is 1. The third kappa shape index (κ3) is 7.47. The maximum Gasteiger partial charge on any atom is 0.191 e. The van der Waals surface area contributed by atoms with Crippen LogP contribution in [0.25, 0.3) is 0 Å². The van der Waals surface area contributed by atoms with Gasteiger partial charge < -0.3 is 15.4 Å². The SMILES string of the molecule is CCc1nc(CN2CCC(CNC(=NC)NCC(C)Oc3ccccc3F)CC2)cs1. The Morgan fingerprint density at radius 3 is 2.77 bits per heavy atom. The van der Waals surface area contributed by atoms with E-state index in [1.165, 1.54) is 29.6 Å². The lowest BCUT2D eigenvalue weighted by Gasteiger charge is -2.31. The van der Waals surface area contributed by atoms with Crippen LogP contribution in [0.15, 0.2) is 34.6 Å². The predicted molar refractivity (Wildman–Crippen MR) is 125 cm³/mol. The van der Waals surface area contributed by atoms with Crippen molar-refractivity contribution in [1.82, 2.24) is 20.5 Å². The van der Waals surface area contributed by atoms with Crippen LogP contribution < -0.4 is 15.4 Å². The van der Waals surface area contributed by atoms with Crippen molar-refractivity contribution in [3.05, 3.63) is 46.2 Å². The first-order valence-electron chi connectivity index (χ1n) is 11.1. The minimum absolute atomic E-state index is 0.183. The summed E-state index contributed by atoms with van der Waals surface area (Å²) in [5.74, 6) is 1.31. The van der Waals surface area contributed by atoms with Crippen LogP contribution in [0.1, 0.15) is 37.4 Å². The molecule has 0 amide bonds. The zero-order valence-electron chi connectivity index (χ0n) is 18.7.